The Morgan fingerprint density at radius 2 is 1.15 bits per heavy atom. The number of hydrogen-bond acceptors (Lipinski definition) is 10. The predicted molar refractivity (Wildman–Crippen MR) is 116 cm³/mol. The van der Waals surface area contributed by atoms with Gasteiger partial charge < -0.3 is 28.8 Å². The van der Waals surface area contributed by atoms with E-state index in [-0.39, 0.29) is 25.7 Å². The zero-order chi connectivity index (χ0) is 25.0. The summed E-state index contributed by atoms with van der Waals surface area (Å²) in [6.45, 7) is 7.91. The Bertz CT molecular complexity index is 664. The van der Waals surface area contributed by atoms with E-state index in [0.717, 1.165) is 0 Å². The lowest BCUT2D eigenvalue weighted by atomic mass is 9.92. The van der Waals surface area contributed by atoms with Crippen LogP contribution in [0.4, 0.5) is 0 Å². The van der Waals surface area contributed by atoms with Crippen LogP contribution >= 0.6 is 0 Å². The summed E-state index contributed by atoms with van der Waals surface area (Å²) >= 11 is 0. The summed E-state index contributed by atoms with van der Waals surface area (Å²) in [6, 6.07) is 0. The molecule has 5 atom stereocenters. The molecular formula is C23H38O10. The van der Waals surface area contributed by atoms with Crippen molar-refractivity contribution in [3.8, 4) is 0 Å². The highest BCUT2D eigenvalue weighted by molar-refractivity contribution is 5.72. The van der Waals surface area contributed by atoms with Gasteiger partial charge in [-0.2, -0.15) is 0 Å². The van der Waals surface area contributed by atoms with Gasteiger partial charge in [0.15, 0.2) is 12.2 Å². The molecule has 0 bridgehead atoms. The molecule has 0 saturated carbocycles. The number of carbonyl (C=O) groups excluding carboxylic acids is 4. The third-order valence-corrected chi connectivity index (χ3v) is 5.00. The normalized spacial score (nSPS) is 26.8. The zero-order valence-corrected chi connectivity index (χ0v) is 20.3. The third-order valence-electron chi connectivity index (χ3n) is 5.00. The van der Waals surface area contributed by atoms with Crippen molar-refractivity contribution in [1.29, 1.82) is 0 Å². The van der Waals surface area contributed by atoms with Gasteiger partial charge in [0.05, 0.1) is 6.61 Å². The van der Waals surface area contributed by atoms with Crippen LogP contribution in [0.3, 0.4) is 0 Å². The molecule has 0 aromatic heterocycles. The Balaban J connectivity index is 3.46. The van der Waals surface area contributed by atoms with Crippen LogP contribution in [-0.2, 0) is 42.9 Å². The van der Waals surface area contributed by atoms with Gasteiger partial charge in [-0.15, -0.1) is 0 Å². The largest absolute Gasteiger partial charge is 0.455 e. The number of carbonyl (C=O) groups is 4. The van der Waals surface area contributed by atoms with Crippen molar-refractivity contribution in [2.24, 2.45) is 0 Å². The van der Waals surface area contributed by atoms with Gasteiger partial charge in [-0.1, -0.05) is 27.7 Å². The maximum Gasteiger partial charge on any atom is 0.308 e. The van der Waals surface area contributed by atoms with Crippen LogP contribution in [0.2, 0.25) is 0 Å². The molecule has 0 unspecified atom stereocenters. The van der Waals surface area contributed by atoms with Crippen molar-refractivity contribution in [3.05, 3.63) is 0 Å². The van der Waals surface area contributed by atoms with E-state index >= 15 is 0 Å². The second-order valence-corrected chi connectivity index (χ2v) is 8.15. The second-order valence-electron chi connectivity index (χ2n) is 8.15. The van der Waals surface area contributed by atoms with E-state index in [2.05, 4.69) is 0 Å². The van der Waals surface area contributed by atoms with Gasteiger partial charge in [-0.25, -0.2) is 0 Å². The topological polar surface area (TPSA) is 135 Å². The molecule has 1 aliphatic rings. The number of aliphatic hydroxyl groups is 1. The first-order chi connectivity index (χ1) is 15.6. The van der Waals surface area contributed by atoms with E-state index in [4.69, 9.17) is 23.7 Å². The summed E-state index contributed by atoms with van der Waals surface area (Å²) in [6.07, 6.45) is -2.92. The van der Waals surface area contributed by atoms with Gasteiger partial charge in [0, 0.05) is 32.6 Å². The van der Waals surface area contributed by atoms with Gasteiger partial charge in [-0.05, 0) is 25.7 Å². The molecule has 10 heteroatoms. The average Bonchev–Trinajstić information content (AvgIpc) is 2.73. The van der Waals surface area contributed by atoms with E-state index in [1.54, 1.807) is 27.7 Å². The second kappa shape index (κ2) is 14.1. The van der Waals surface area contributed by atoms with Crippen LogP contribution in [-0.4, -0.2) is 65.8 Å². The highest BCUT2D eigenvalue weighted by Gasteiger charge is 2.60. The smallest absolute Gasteiger partial charge is 0.308 e. The lowest BCUT2D eigenvalue weighted by molar-refractivity contribution is -0.347. The van der Waals surface area contributed by atoms with Crippen LogP contribution < -0.4 is 0 Å². The minimum Gasteiger partial charge on any atom is -0.455 e. The van der Waals surface area contributed by atoms with Crippen molar-refractivity contribution in [3.63, 3.8) is 0 Å². The van der Waals surface area contributed by atoms with Gasteiger partial charge in [-0.3, -0.25) is 19.2 Å². The molecule has 1 saturated heterocycles. The first-order valence-electron chi connectivity index (χ1n) is 11.7. The van der Waals surface area contributed by atoms with Gasteiger partial charge in [0.2, 0.25) is 6.10 Å². The van der Waals surface area contributed by atoms with Crippen LogP contribution in [0.5, 0.6) is 0 Å². The molecular weight excluding hydrogens is 436 g/mol. The first-order valence-corrected chi connectivity index (χ1v) is 11.7. The number of ether oxygens (including phenoxy) is 5. The number of rotatable bonds is 13. The average molecular weight is 475 g/mol. The molecule has 0 spiro atoms. The zero-order valence-electron chi connectivity index (χ0n) is 20.3. The predicted octanol–water partition coefficient (Wildman–Crippen LogP) is 2.57. The molecule has 190 valence electrons. The summed E-state index contributed by atoms with van der Waals surface area (Å²) in [7, 11) is 0. The monoisotopic (exact) mass is 474 g/mol. The van der Waals surface area contributed by atoms with Crippen molar-refractivity contribution in [2.75, 3.05) is 6.61 Å². The maximum absolute atomic E-state index is 12.4. The number of hydrogen-bond donors (Lipinski definition) is 1. The van der Waals surface area contributed by atoms with Crippen LogP contribution in [0.1, 0.15) is 86.0 Å². The minimum atomic E-state index is -1.88. The van der Waals surface area contributed by atoms with Crippen molar-refractivity contribution >= 4 is 23.9 Å². The SMILES string of the molecule is CCCC(=O)O[C@H]1[C@H](OC(=O)CCC)[C@@H](CO)O[C@](C)(OC(=O)CCC)[C@@H]1OC(=O)CCC. The number of aliphatic hydroxyl groups excluding tert-OH is 1. The van der Waals surface area contributed by atoms with Gasteiger partial charge >= 0.3 is 23.9 Å². The standard InChI is InChI=1S/C23H38O10/c1-6-10-16(25)29-20-15(14-24)32-23(5,33-19(28)13-9-4)22(31-18(27)12-8-3)21(20)30-17(26)11-7-2/h15,20-22,24H,6-14H2,1-5H3/t15-,20-,21+,22-,23-/m1/s1. The van der Waals surface area contributed by atoms with Crippen LogP contribution in [0.25, 0.3) is 0 Å². The van der Waals surface area contributed by atoms with Gasteiger partial charge in [0.25, 0.3) is 5.79 Å². The van der Waals surface area contributed by atoms with Gasteiger partial charge in [0.1, 0.15) is 6.10 Å². The molecule has 1 N–H and O–H groups in total. The summed E-state index contributed by atoms with van der Waals surface area (Å²) < 4.78 is 28.1. The van der Waals surface area contributed by atoms with E-state index in [9.17, 15) is 24.3 Å². The lowest BCUT2D eigenvalue weighted by Gasteiger charge is -2.48. The molecule has 1 aliphatic heterocycles. The minimum absolute atomic E-state index is 0.0643. The fraction of sp³-hybridized carbons (Fsp3) is 0.826. The van der Waals surface area contributed by atoms with Crippen molar-refractivity contribution < 1.29 is 48.0 Å². The Kier molecular flexibility index (Phi) is 12.4. The Morgan fingerprint density at radius 1 is 0.727 bits per heavy atom. The van der Waals surface area contributed by atoms with Crippen LogP contribution in [0, 0.1) is 0 Å². The van der Waals surface area contributed by atoms with E-state index < -0.39 is 60.7 Å². The van der Waals surface area contributed by atoms with E-state index in [0.29, 0.717) is 25.7 Å². The fourth-order valence-corrected chi connectivity index (χ4v) is 3.50. The molecule has 0 aliphatic carbocycles. The molecule has 10 nitrogen and oxygen atoms in total. The Morgan fingerprint density at radius 3 is 1.61 bits per heavy atom. The Hall–Kier alpha value is -2.20. The molecule has 1 heterocycles. The molecule has 0 radical (unpaired) electrons. The maximum atomic E-state index is 12.4. The Labute approximate surface area is 195 Å². The summed E-state index contributed by atoms with van der Waals surface area (Å²) in [5, 5.41) is 9.98. The molecule has 0 aromatic carbocycles. The number of esters is 4. The quantitative estimate of drug-likeness (QED) is 0.313. The molecule has 0 amide bonds. The van der Waals surface area contributed by atoms with Crippen LogP contribution in [0.15, 0.2) is 0 Å². The molecule has 1 rings (SSSR count). The molecule has 1 fully saturated rings. The lowest BCUT2D eigenvalue weighted by Crippen LogP contribution is -2.68. The van der Waals surface area contributed by atoms with Crippen molar-refractivity contribution in [1.82, 2.24) is 0 Å². The first kappa shape index (κ1) is 28.8. The third kappa shape index (κ3) is 8.58. The summed E-state index contributed by atoms with van der Waals surface area (Å²) in [5.74, 6) is -4.33. The van der Waals surface area contributed by atoms with Crippen molar-refractivity contribution in [2.45, 2.75) is 116 Å². The van der Waals surface area contributed by atoms with E-state index in [1.165, 1.54) is 6.92 Å². The summed E-state index contributed by atoms with van der Waals surface area (Å²) in [4.78, 5) is 49.5. The summed E-state index contributed by atoms with van der Waals surface area (Å²) in [5.41, 5.74) is 0. The molecule has 0 aromatic rings. The molecule has 33 heavy (non-hydrogen) atoms. The highest BCUT2D eigenvalue weighted by Crippen LogP contribution is 2.37. The highest BCUT2D eigenvalue weighted by atomic mass is 16.8. The fourth-order valence-electron chi connectivity index (χ4n) is 3.50. The van der Waals surface area contributed by atoms with E-state index in [1.807, 2.05) is 0 Å².